The topological polar surface area (TPSA) is 56.0 Å². The zero-order valence-corrected chi connectivity index (χ0v) is 10.9. The fourth-order valence-corrected chi connectivity index (χ4v) is 1.74. The van der Waals surface area contributed by atoms with Gasteiger partial charge in [-0.1, -0.05) is 23.4 Å². The van der Waals surface area contributed by atoms with E-state index in [1.807, 2.05) is 0 Å². The second-order valence-electron chi connectivity index (χ2n) is 4.58. The first-order valence-electron chi connectivity index (χ1n) is 5.91. The van der Waals surface area contributed by atoms with Gasteiger partial charge in [0.2, 0.25) is 5.89 Å². The molecule has 0 unspecified atom stereocenters. The standard InChI is InChI=1S/C14H16N2O2/c1-9-4-5-12(6-10(9)2)8-13-15-14(18-16-13)7-11(3)17/h4-6H,7-8H2,1-3H3. The summed E-state index contributed by atoms with van der Waals surface area (Å²) in [5.41, 5.74) is 3.66. The van der Waals surface area contributed by atoms with Crippen LogP contribution in [0, 0.1) is 13.8 Å². The molecule has 94 valence electrons. The van der Waals surface area contributed by atoms with Crippen LogP contribution in [0.5, 0.6) is 0 Å². The van der Waals surface area contributed by atoms with E-state index in [0.717, 1.165) is 5.56 Å². The molecule has 0 N–H and O–H groups in total. The SMILES string of the molecule is CC(=O)Cc1nc(Cc2ccc(C)c(C)c2)no1. The monoisotopic (exact) mass is 244 g/mol. The number of Topliss-reactive ketones (excluding diaryl/α,β-unsaturated/α-hetero) is 1. The number of carbonyl (C=O) groups is 1. The Morgan fingerprint density at radius 2 is 2.06 bits per heavy atom. The van der Waals surface area contributed by atoms with Crippen LogP contribution < -0.4 is 0 Å². The first-order valence-corrected chi connectivity index (χ1v) is 5.91. The van der Waals surface area contributed by atoms with Gasteiger partial charge in [0.25, 0.3) is 0 Å². The van der Waals surface area contributed by atoms with E-state index in [1.165, 1.54) is 18.1 Å². The van der Waals surface area contributed by atoms with Crippen LogP contribution in [0.2, 0.25) is 0 Å². The van der Waals surface area contributed by atoms with E-state index < -0.39 is 0 Å². The highest BCUT2D eigenvalue weighted by Crippen LogP contribution is 2.13. The highest BCUT2D eigenvalue weighted by atomic mass is 16.5. The Morgan fingerprint density at radius 1 is 1.28 bits per heavy atom. The number of carbonyl (C=O) groups excluding carboxylic acids is 1. The number of ketones is 1. The lowest BCUT2D eigenvalue weighted by atomic mass is 10.0. The quantitative estimate of drug-likeness (QED) is 0.828. The summed E-state index contributed by atoms with van der Waals surface area (Å²) >= 11 is 0. The van der Waals surface area contributed by atoms with Gasteiger partial charge in [0, 0.05) is 6.42 Å². The molecule has 0 saturated heterocycles. The number of benzene rings is 1. The average Bonchev–Trinajstić information content (AvgIpc) is 2.70. The minimum Gasteiger partial charge on any atom is -0.339 e. The van der Waals surface area contributed by atoms with E-state index in [9.17, 15) is 4.79 Å². The highest BCUT2D eigenvalue weighted by Gasteiger charge is 2.09. The molecule has 1 heterocycles. The molecule has 2 rings (SSSR count). The number of hydrogen-bond donors (Lipinski definition) is 0. The maximum Gasteiger partial charge on any atom is 0.234 e. The van der Waals surface area contributed by atoms with E-state index in [-0.39, 0.29) is 12.2 Å². The molecule has 2 aromatic rings. The molecule has 0 spiro atoms. The molecule has 0 atom stereocenters. The predicted molar refractivity (Wildman–Crippen MR) is 67.4 cm³/mol. The van der Waals surface area contributed by atoms with Gasteiger partial charge in [-0.05, 0) is 37.5 Å². The molecule has 18 heavy (non-hydrogen) atoms. The maximum atomic E-state index is 10.9. The predicted octanol–water partition coefficient (Wildman–Crippen LogP) is 2.41. The molecule has 0 bridgehead atoms. The molecule has 4 heteroatoms. The minimum absolute atomic E-state index is 0.0244. The second kappa shape index (κ2) is 5.12. The summed E-state index contributed by atoms with van der Waals surface area (Å²) in [6, 6.07) is 6.26. The van der Waals surface area contributed by atoms with Gasteiger partial charge in [-0.3, -0.25) is 4.79 Å². The van der Waals surface area contributed by atoms with E-state index >= 15 is 0 Å². The molecule has 0 aliphatic heterocycles. The molecule has 0 radical (unpaired) electrons. The molecule has 1 aromatic carbocycles. The van der Waals surface area contributed by atoms with Crippen molar-refractivity contribution in [1.29, 1.82) is 0 Å². The molecule has 0 fully saturated rings. The van der Waals surface area contributed by atoms with Crippen molar-refractivity contribution in [1.82, 2.24) is 10.1 Å². The summed E-state index contributed by atoms with van der Waals surface area (Å²) in [6.07, 6.45) is 0.836. The van der Waals surface area contributed by atoms with Crippen molar-refractivity contribution < 1.29 is 9.32 Å². The number of aryl methyl sites for hydroxylation is 2. The first-order chi connectivity index (χ1) is 8.54. The van der Waals surface area contributed by atoms with E-state index in [2.05, 4.69) is 42.2 Å². The van der Waals surface area contributed by atoms with Crippen molar-refractivity contribution in [3.05, 3.63) is 46.6 Å². The van der Waals surface area contributed by atoms with Crippen molar-refractivity contribution in [2.24, 2.45) is 0 Å². The molecular weight excluding hydrogens is 228 g/mol. The number of rotatable bonds is 4. The molecule has 0 aliphatic rings. The lowest BCUT2D eigenvalue weighted by molar-refractivity contribution is -0.116. The molecular formula is C14H16N2O2. The van der Waals surface area contributed by atoms with Crippen LogP contribution in [0.3, 0.4) is 0 Å². The summed E-state index contributed by atoms with van der Waals surface area (Å²) in [6.45, 7) is 5.67. The summed E-state index contributed by atoms with van der Waals surface area (Å²) in [7, 11) is 0. The number of aromatic nitrogens is 2. The van der Waals surface area contributed by atoms with Crippen molar-refractivity contribution in [3.8, 4) is 0 Å². The van der Waals surface area contributed by atoms with Crippen LogP contribution >= 0.6 is 0 Å². The van der Waals surface area contributed by atoms with E-state index in [1.54, 1.807) is 0 Å². The van der Waals surface area contributed by atoms with Crippen LogP contribution in [0.15, 0.2) is 22.7 Å². The Balaban J connectivity index is 2.11. The molecule has 4 nitrogen and oxygen atoms in total. The van der Waals surface area contributed by atoms with Gasteiger partial charge in [0.05, 0.1) is 6.42 Å². The van der Waals surface area contributed by atoms with E-state index in [4.69, 9.17) is 4.52 Å². The molecule has 0 saturated carbocycles. The van der Waals surface area contributed by atoms with Gasteiger partial charge in [-0.25, -0.2) is 0 Å². The van der Waals surface area contributed by atoms with Crippen molar-refractivity contribution in [2.45, 2.75) is 33.6 Å². The Bertz CT molecular complexity index is 573. The van der Waals surface area contributed by atoms with Gasteiger partial charge in [-0.15, -0.1) is 0 Å². The lowest BCUT2D eigenvalue weighted by Crippen LogP contribution is -1.97. The number of hydrogen-bond acceptors (Lipinski definition) is 4. The van der Waals surface area contributed by atoms with Crippen LogP contribution in [-0.2, 0) is 17.6 Å². The number of nitrogens with zero attached hydrogens (tertiary/aromatic N) is 2. The summed E-state index contributed by atoms with van der Waals surface area (Å²) < 4.78 is 5.02. The summed E-state index contributed by atoms with van der Waals surface area (Å²) in [4.78, 5) is 15.1. The van der Waals surface area contributed by atoms with Gasteiger partial charge in [0.1, 0.15) is 5.78 Å². The smallest absolute Gasteiger partial charge is 0.234 e. The van der Waals surface area contributed by atoms with Gasteiger partial charge in [0.15, 0.2) is 5.82 Å². The van der Waals surface area contributed by atoms with Crippen LogP contribution in [-0.4, -0.2) is 15.9 Å². The maximum absolute atomic E-state index is 10.9. The minimum atomic E-state index is 0.0244. The third-order valence-corrected chi connectivity index (χ3v) is 2.84. The summed E-state index contributed by atoms with van der Waals surface area (Å²) in [5, 5.41) is 3.88. The normalized spacial score (nSPS) is 10.6. The Hall–Kier alpha value is -1.97. The Morgan fingerprint density at radius 3 is 2.72 bits per heavy atom. The third kappa shape index (κ3) is 3.03. The fourth-order valence-electron chi connectivity index (χ4n) is 1.74. The van der Waals surface area contributed by atoms with E-state index in [0.29, 0.717) is 18.1 Å². The largest absolute Gasteiger partial charge is 0.339 e. The fraction of sp³-hybridized carbons (Fsp3) is 0.357. The molecule has 0 aliphatic carbocycles. The summed E-state index contributed by atoms with van der Waals surface area (Å²) in [5.74, 6) is 1.03. The van der Waals surface area contributed by atoms with Gasteiger partial charge >= 0.3 is 0 Å². The molecule has 1 aromatic heterocycles. The van der Waals surface area contributed by atoms with Crippen LogP contribution in [0.4, 0.5) is 0 Å². The van der Waals surface area contributed by atoms with Gasteiger partial charge in [-0.2, -0.15) is 4.98 Å². The second-order valence-corrected chi connectivity index (χ2v) is 4.58. The van der Waals surface area contributed by atoms with Crippen molar-refractivity contribution >= 4 is 5.78 Å². The lowest BCUT2D eigenvalue weighted by Gasteiger charge is -2.02. The zero-order valence-electron chi connectivity index (χ0n) is 10.9. The van der Waals surface area contributed by atoms with Crippen molar-refractivity contribution in [2.75, 3.05) is 0 Å². The third-order valence-electron chi connectivity index (χ3n) is 2.84. The Labute approximate surface area is 106 Å². The van der Waals surface area contributed by atoms with Crippen LogP contribution in [0.1, 0.15) is 35.3 Å². The Kier molecular flexibility index (Phi) is 3.55. The highest BCUT2D eigenvalue weighted by molar-refractivity contribution is 5.77. The van der Waals surface area contributed by atoms with Crippen molar-refractivity contribution in [3.63, 3.8) is 0 Å². The first kappa shape index (κ1) is 12.5. The van der Waals surface area contributed by atoms with Crippen LogP contribution in [0.25, 0.3) is 0 Å². The van der Waals surface area contributed by atoms with Gasteiger partial charge < -0.3 is 4.52 Å². The average molecular weight is 244 g/mol. The zero-order chi connectivity index (χ0) is 13.1. The molecule has 0 amide bonds.